The van der Waals surface area contributed by atoms with Gasteiger partial charge < -0.3 is 10.1 Å². The number of ether oxygens (including phenoxy) is 1. The fraction of sp³-hybridized carbons (Fsp3) is 0.222. The Labute approximate surface area is 144 Å². The van der Waals surface area contributed by atoms with Crippen LogP contribution in [0.4, 0.5) is 4.39 Å². The molecule has 1 N–H and O–H groups in total. The smallest absolute Gasteiger partial charge is 0.331 e. The molecule has 0 fully saturated rings. The third kappa shape index (κ3) is 5.96. The highest BCUT2D eigenvalue weighted by molar-refractivity contribution is 7.12. The van der Waals surface area contributed by atoms with Crippen molar-refractivity contribution in [1.29, 1.82) is 0 Å². The van der Waals surface area contributed by atoms with Gasteiger partial charge in [-0.05, 0) is 43.2 Å². The Morgan fingerprint density at radius 1 is 1.25 bits per heavy atom. The van der Waals surface area contributed by atoms with Crippen LogP contribution in [0, 0.1) is 12.7 Å². The number of aryl methyl sites for hydroxylation is 1. The number of amides is 1. The topological polar surface area (TPSA) is 55.4 Å². The van der Waals surface area contributed by atoms with Crippen molar-refractivity contribution in [3.8, 4) is 0 Å². The Bertz CT molecular complexity index is 739. The molecule has 0 spiro atoms. The highest BCUT2D eigenvalue weighted by atomic mass is 32.1. The normalized spacial score (nSPS) is 10.8. The van der Waals surface area contributed by atoms with Gasteiger partial charge in [-0.15, -0.1) is 11.3 Å². The molecule has 1 heterocycles. The first-order valence-electron chi connectivity index (χ1n) is 7.46. The molecule has 0 saturated heterocycles. The van der Waals surface area contributed by atoms with Crippen molar-refractivity contribution < 1.29 is 18.7 Å². The molecule has 2 rings (SSSR count). The van der Waals surface area contributed by atoms with E-state index in [1.807, 2.05) is 19.1 Å². The number of hydrogen-bond acceptors (Lipinski definition) is 4. The van der Waals surface area contributed by atoms with E-state index in [1.165, 1.54) is 12.1 Å². The van der Waals surface area contributed by atoms with E-state index in [0.29, 0.717) is 12.0 Å². The van der Waals surface area contributed by atoms with Gasteiger partial charge in [0.05, 0.1) is 0 Å². The predicted octanol–water partition coefficient (Wildman–Crippen LogP) is 3.11. The lowest BCUT2D eigenvalue weighted by atomic mass is 10.1. The summed E-state index contributed by atoms with van der Waals surface area (Å²) >= 11 is 1.56. The number of hydrogen-bond donors (Lipinski definition) is 1. The van der Waals surface area contributed by atoms with Crippen molar-refractivity contribution >= 4 is 29.3 Å². The van der Waals surface area contributed by atoms with Gasteiger partial charge in [-0.2, -0.15) is 0 Å². The zero-order valence-corrected chi connectivity index (χ0v) is 14.1. The van der Waals surface area contributed by atoms with Crippen molar-refractivity contribution in [3.05, 3.63) is 63.6 Å². The second-order valence-corrected chi connectivity index (χ2v) is 6.40. The molecule has 2 aromatic rings. The third-order valence-corrected chi connectivity index (χ3v) is 4.13. The molecule has 24 heavy (non-hydrogen) atoms. The zero-order chi connectivity index (χ0) is 17.4. The van der Waals surface area contributed by atoms with Crippen LogP contribution >= 0.6 is 11.3 Å². The van der Waals surface area contributed by atoms with Crippen molar-refractivity contribution in [2.45, 2.75) is 13.3 Å². The van der Waals surface area contributed by atoms with Crippen LogP contribution < -0.4 is 5.32 Å². The molecule has 0 unspecified atom stereocenters. The summed E-state index contributed by atoms with van der Waals surface area (Å²) in [5.74, 6) is -1.29. The maximum Gasteiger partial charge on any atom is 0.331 e. The first kappa shape index (κ1) is 17.9. The fourth-order valence-corrected chi connectivity index (χ4v) is 2.75. The summed E-state index contributed by atoms with van der Waals surface area (Å²) in [6.45, 7) is 1.90. The Balaban J connectivity index is 1.66. The first-order chi connectivity index (χ1) is 11.5. The molecule has 1 amide bonds. The minimum atomic E-state index is -0.578. The van der Waals surface area contributed by atoms with E-state index < -0.39 is 11.9 Å². The molecule has 4 nitrogen and oxygen atoms in total. The molecule has 0 atom stereocenters. The molecule has 1 aromatic heterocycles. The van der Waals surface area contributed by atoms with Gasteiger partial charge in [0.2, 0.25) is 0 Å². The minimum Gasteiger partial charge on any atom is -0.452 e. The highest BCUT2D eigenvalue weighted by Gasteiger charge is 2.06. The van der Waals surface area contributed by atoms with Crippen LogP contribution in [0.15, 0.2) is 42.5 Å². The van der Waals surface area contributed by atoms with Crippen molar-refractivity contribution in [2.24, 2.45) is 0 Å². The van der Waals surface area contributed by atoms with Gasteiger partial charge >= 0.3 is 5.97 Å². The molecule has 0 aliphatic rings. The number of thiophene rings is 1. The number of nitrogens with one attached hydrogen (secondary N) is 1. The summed E-state index contributed by atoms with van der Waals surface area (Å²) in [5.41, 5.74) is 0.531. The number of halogens is 1. The lowest BCUT2D eigenvalue weighted by Gasteiger charge is -2.06. The Kier molecular flexibility index (Phi) is 6.69. The number of carbonyl (C=O) groups excluding carboxylic acids is 2. The SMILES string of the molecule is Cc1ccc(/C=C/C(=O)OCC(=O)NCCc2ccccc2F)s1. The monoisotopic (exact) mass is 347 g/mol. The maximum absolute atomic E-state index is 13.4. The van der Waals surface area contributed by atoms with E-state index in [0.717, 1.165) is 9.75 Å². The van der Waals surface area contributed by atoms with Crippen LogP contribution in [0.25, 0.3) is 6.08 Å². The molecular weight excluding hydrogens is 329 g/mol. The molecule has 0 saturated carbocycles. The van der Waals surface area contributed by atoms with Gasteiger partial charge in [0.1, 0.15) is 5.82 Å². The second-order valence-electron chi connectivity index (χ2n) is 5.08. The van der Waals surface area contributed by atoms with Crippen molar-refractivity contribution in [2.75, 3.05) is 13.2 Å². The Morgan fingerprint density at radius 2 is 2.04 bits per heavy atom. The Hall–Kier alpha value is -2.47. The number of benzene rings is 1. The third-order valence-electron chi connectivity index (χ3n) is 3.16. The molecule has 126 valence electrons. The van der Waals surface area contributed by atoms with Gasteiger partial charge in [-0.1, -0.05) is 18.2 Å². The van der Waals surface area contributed by atoms with E-state index in [9.17, 15) is 14.0 Å². The number of rotatable bonds is 7. The summed E-state index contributed by atoms with van der Waals surface area (Å²) in [4.78, 5) is 25.2. The van der Waals surface area contributed by atoms with Gasteiger partial charge in [-0.25, -0.2) is 9.18 Å². The van der Waals surface area contributed by atoms with E-state index in [-0.39, 0.29) is 19.0 Å². The molecular formula is C18H18FNO3S. The van der Waals surface area contributed by atoms with E-state index >= 15 is 0 Å². The van der Waals surface area contributed by atoms with Crippen LogP contribution in [0.1, 0.15) is 15.3 Å². The van der Waals surface area contributed by atoms with E-state index in [2.05, 4.69) is 5.32 Å². The molecule has 1 aromatic carbocycles. The van der Waals surface area contributed by atoms with Gasteiger partial charge in [0.15, 0.2) is 6.61 Å². The van der Waals surface area contributed by atoms with Crippen LogP contribution in [-0.4, -0.2) is 25.0 Å². The van der Waals surface area contributed by atoms with Crippen molar-refractivity contribution in [1.82, 2.24) is 5.32 Å². The molecule has 0 bridgehead atoms. The minimum absolute atomic E-state index is 0.279. The van der Waals surface area contributed by atoms with Gasteiger partial charge in [0.25, 0.3) is 5.91 Å². The van der Waals surface area contributed by atoms with E-state index in [1.54, 1.807) is 35.6 Å². The molecule has 0 radical (unpaired) electrons. The summed E-state index contributed by atoms with van der Waals surface area (Å²) < 4.78 is 18.3. The lowest BCUT2D eigenvalue weighted by Crippen LogP contribution is -2.30. The number of esters is 1. The summed E-state index contributed by atoms with van der Waals surface area (Å²) in [6, 6.07) is 10.3. The zero-order valence-electron chi connectivity index (χ0n) is 13.3. The maximum atomic E-state index is 13.4. The number of carbonyl (C=O) groups is 2. The average Bonchev–Trinajstić information content (AvgIpc) is 2.98. The van der Waals surface area contributed by atoms with Crippen LogP contribution in [0.2, 0.25) is 0 Å². The van der Waals surface area contributed by atoms with Crippen LogP contribution in [-0.2, 0) is 20.7 Å². The van der Waals surface area contributed by atoms with Crippen LogP contribution in [0.3, 0.4) is 0 Å². The summed E-state index contributed by atoms with van der Waals surface area (Å²) in [7, 11) is 0. The second kappa shape index (κ2) is 8.98. The quantitative estimate of drug-likeness (QED) is 0.618. The summed E-state index contributed by atoms with van der Waals surface area (Å²) in [5, 5.41) is 2.59. The molecule has 0 aliphatic carbocycles. The fourth-order valence-electron chi connectivity index (χ4n) is 1.97. The van der Waals surface area contributed by atoms with Crippen LogP contribution in [0.5, 0.6) is 0 Å². The molecule has 6 heteroatoms. The summed E-state index contributed by atoms with van der Waals surface area (Å²) in [6.07, 6.45) is 3.32. The van der Waals surface area contributed by atoms with E-state index in [4.69, 9.17) is 4.74 Å². The first-order valence-corrected chi connectivity index (χ1v) is 8.27. The van der Waals surface area contributed by atoms with Crippen molar-refractivity contribution in [3.63, 3.8) is 0 Å². The lowest BCUT2D eigenvalue weighted by molar-refractivity contribution is -0.143. The Morgan fingerprint density at radius 3 is 2.75 bits per heavy atom. The predicted molar refractivity (Wildman–Crippen MR) is 92.2 cm³/mol. The van der Waals surface area contributed by atoms with Gasteiger partial charge in [-0.3, -0.25) is 4.79 Å². The molecule has 0 aliphatic heterocycles. The average molecular weight is 347 g/mol. The largest absolute Gasteiger partial charge is 0.452 e. The standard InChI is InChI=1S/C18H18FNO3S/c1-13-6-7-15(24-13)8-9-18(22)23-12-17(21)20-11-10-14-4-2-3-5-16(14)19/h2-9H,10-12H2,1H3,(H,20,21)/b9-8+. The highest BCUT2D eigenvalue weighted by Crippen LogP contribution is 2.16. The van der Waals surface area contributed by atoms with Gasteiger partial charge in [0, 0.05) is 22.4 Å².